The Hall–Kier alpha value is -3.50. The molecule has 0 aliphatic carbocycles. The van der Waals surface area contributed by atoms with Crippen molar-refractivity contribution in [1.29, 1.82) is 0 Å². The summed E-state index contributed by atoms with van der Waals surface area (Å²) in [6.07, 6.45) is 4.05. The average molecular weight is 514 g/mol. The maximum atomic E-state index is 14.9. The molecule has 0 bridgehead atoms. The van der Waals surface area contributed by atoms with Crippen LogP contribution in [-0.4, -0.2) is 64.8 Å². The number of benzene rings is 1. The number of carbonyl (C=O) groups is 1. The summed E-state index contributed by atoms with van der Waals surface area (Å²) < 4.78 is 32.0. The molecule has 5 rings (SSSR count). The lowest BCUT2D eigenvalue weighted by Gasteiger charge is -2.16. The first-order valence-electron chi connectivity index (χ1n) is 11.7. The van der Waals surface area contributed by atoms with Gasteiger partial charge < -0.3 is 24.4 Å². The fourth-order valence-corrected chi connectivity index (χ4v) is 4.41. The summed E-state index contributed by atoms with van der Waals surface area (Å²) in [5.41, 5.74) is 1.09. The lowest BCUT2D eigenvalue weighted by atomic mass is 10.1. The zero-order chi connectivity index (χ0) is 25.1. The molecule has 0 spiro atoms. The highest BCUT2D eigenvalue weighted by molar-refractivity contribution is 6.32. The second kappa shape index (κ2) is 10.6. The van der Waals surface area contributed by atoms with Crippen molar-refractivity contribution in [3.63, 3.8) is 0 Å². The number of amides is 1. The molecule has 1 unspecified atom stereocenters. The van der Waals surface area contributed by atoms with E-state index in [1.807, 2.05) is 0 Å². The van der Waals surface area contributed by atoms with Crippen molar-refractivity contribution in [3.05, 3.63) is 54.1 Å². The molecule has 0 radical (unpaired) electrons. The number of aromatic nitrogens is 3. The molecule has 2 aromatic heterocycles. The first-order chi connectivity index (χ1) is 17.5. The van der Waals surface area contributed by atoms with Crippen molar-refractivity contribution in [2.24, 2.45) is 5.92 Å². The second-order valence-electron chi connectivity index (χ2n) is 8.68. The Morgan fingerprint density at radius 3 is 3.03 bits per heavy atom. The van der Waals surface area contributed by atoms with Gasteiger partial charge in [0.05, 0.1) is 36.0 Å². The minimum Gasteiger partial charge on any atom is -0.492 e. The summed E-state index contributed by atoms with van der Waals surface area (Å²) in [5.74, 6) is 0.523. The maximum Gasteiger partial charge on any atom is 0.246 e. The molecule has 0 saturated carbocycles. The van der Waals surface area contributed by atoms with Gasteiger partial charge in [0.2, 0.25) is 11.8 Å². The number of anilines is 2. The van der Waals surface area contributed by atoms with Crippen molar-refractivity contribution in [2.45, 2.75) is 18.9 Å². The van der Waals surface area contributed by atoms with E-state index in [-0.39, 0.29) is 34.4 Å². The van der Waals surface area contributed by atoms with Gasteiger partial charge >= 0.3 is 0 Å². The number of rotatable bonds is 8. The van der Waals surface area contributed by atoms with Gasteiger partial charge in [0.1, 0.15) is 29.5 Å². The Kier molecular flexibility index (Phi) is 7.15. The van der Waals surface area contributed by atoms with Gasteiger partial charge in [0, 0.05) is 37.6 Å². The van der Waals surface area contributed by atoms with Crippen LogP contribution in [0.1, 0.15) is 12.8 Å². The van der Waals surface area contributed by atoms with E-state index in [4.69, 9.17) is 25.8 Å². The third-order valence-corrected chi connectivity index (χ3v) is 6.44. The molecule has 2 aliphatic rings. The van der Waals surface area contributed by atoms with Crippen molar-refractivity contribution in [3.8, 4) is 11.6 Å². The van der Waals surface area contributed by atoms with Gasteiger partial charge in [-0.05, 0) is 24.6 Å². The molecule has 36 heavy (non-hydrogen) atoms. The van der Waals surface area contributed by atoms with E-state index < -0.39 is 5.82 Å². The van der Waals surface area contributed by atoms with Crippen molar-refractivity contribution >= 4 is 40.0 Å². The highest BCUT2D eigenvalue weighted by Gasteiger charge is 2.27. The molecule has 2 fully saturated rings. The van der Waals surface area contributed by atoms with Crippen molar-refractivity contribution in [2.75, 3.05) is 38.2 Å². The molecule has 3 aromatic rings. The molecule has 2 saturated heterocycles. The van der Waals surface area contributed by atoms with E-state index in [2.05, 4.69) is 26.8 Å². The molecule has 11 heteroatoms. The zero-order valence-corrected chi connectivity index (χ0v) is 20.2. The monoisotopic (exact) mass is 513 g/mol. The smallest absolute Gasteiger partial charge is 0.246 e. The van der Waals surface area contributed by atoms with E-state index in [1.54, 1.807) is 17.0 Å². The predicted molar refractivity (Wildman–Crippen MR) is 132 cm³/mol. The molecule has 9 nitrogen and oxygen atoms in total. The third-order valence-electron chi connectivity index (χ3n) is 6.15. The number of nitrogens with one attached hydrogen (secondary N) is 1. The number of fused-ring (bicyclic) bond motifs is 1. The Morgan fingerprint density at radius 1 is 1.33 bits per heavy atom. The third kappa shape index (κ3) is 5.34. The number of likely N-dealkylation sites (tertiary alicyclic amines) is 1. The molecular weight excluding hydrogens is 489 g/mol. The van der Waals surface area contributed by atoms with E-state index in [9.17, 15) is 9.18 Å². The molecule has 1 amide bonds. The topological polar surface area (TPSA) is 98.7 Å². The summed E-state index contributed by atoms with van der Waals surface area (Å²) in [6, 6.07) is 6.16. The number of hydrogen-bond acceptors (Lipinski definition) is 8. The largest absolute Gasteiger partial charge is 0.492 e. The summed E-state index contributed by atoms with van der Waals surface area (Å²) in [4.78, 5) is 26.5. The van der Waals surface area contributed by atoms with E-state index in [0.717, 1.165) is 6.42 Å². The number of carbonyl (C=O) groups excluding carboxylic acids is 1. The lowest BCUT2D eigenvalue weighted by molar-refractivity contribution is -0.125. The Bertz CT molecular complexity index is 1290. The van der Waals surface area contributed by atoms with Crippen molar-refractivity contribution in [1.82, 2.24) is 19.9 Å². The van der Waals surface area contributed by atoms with E-state index >= 15 is 0 Å². The van der Waals surface area contributed by atoms with Gasteiger partial charge in [0.15, 0.2) is 5.82 Å². The van der Waals surface area contributed by atoms with Gasteiger partial charge in [-0.25, -0.2) is 19.3 Å². The van der Waals surface area contributed by atoms with Crippen LogP contribution in [0.25, 0.3) is 11.0 Å². The lowest BCUT2D eigenvalue weighted by Crippen LogP contribution is -2.29. The minimum atomic E-state index is -0.547. The van der Waals surface area contributed by atoms with E-state index in [1.165, 1.54) is 24.5 Å². The van der Waals surface area contributed by atoms with Gasteiger partial charge in [-0.3, -0.25) is 4.79 Å². The number of hydrogen-bond donors (Lipinski definition) is 1. The van der Waals surface area contributed by atoms with Gasteiger partial charge in [-0.1, -0.05) is 18.2 Å². The van der Waals surface area contributed by atoms with Crippen molar-refractivity contribution < 1.29 is 23.4 Å². The first-order valence-corrected chi connectivity index (χ1v) is 12.0. The highest BCUT2D eigenvalue weighted by Crippen LogP contribution is 2.33. The summed E-state index contributed by atoms with van der Waals surface area (Å²) in [5, 5.41) is 3.23. The van der Waals surface area contributed by atoms with Crippen LogP contribution in [0, 0.1) is 11.7 Å². The molecule has 188 valence electrons. The highest BCUT2D eigenvalue weighted by atomic mass is 35.5. The minimum absolute atomic E-state index is 0.124. The number of nitrogens with zero attached hydrogens (tertiary/aromatic N) is 4. The maximum absolute atomic E-state index is 14.9. The number of pyridine rings is 1. The average Bonchev–Trinajstić information content (AvgIpc) is 3.57. The fourth-order valence-electron chi connectivity index (χ4n) is 4.19. The van der Waals surface area contributed by atoms with Gasteiger partial charge in [-0.2, -0.15) is 0 Å². The summed E-state index contributed by atoms with van der Waals surface area (Å²) in [6.45, 7) is 6.32. The zero-order valence-electron chi connectivity index (χ0n) is 19.5. The molecule has 2 aliphatic heterocycles. The molecular formula is C25H25ClFN5O4. The SMILES string of the molecule is C=CC(=O)N1CC[C@H](Oc2ccc3ncnc(Nc4cc(Cl)c(OCC5CCOC5)cc4F)c3n2)C1. The Morgan fingerprint density at radius 2 is 2.22 bits per heavy atom. The summed E-state index contributed by atoms with van der Waals surface area (Å²) in [7, 11) is 0. The van der Waals surface area contributed by atoms with Crippen LogP contribution < -0.4 is 14.8 Å². The molecule has 1 aromatic carbocycles. The molecule has 1 N–H and O–H groups in total. The standard InChI is InChI=1S/C25H25ClFN5O4/c1-2-23(33)32-7-5-16(11-32)36-22-4-3-19-24(31-22)25(29-14-28-19)30-20-9-17(26)21(10-18(20)27)35-13-15-6-8-34-12-15/h2-4,9-10,14-16H,1,5-8,11-13H2,(H,28,29,30)/t15?,16-/m0/s1. The summed E-state index contributed by atoms with van der Waals surface area (Å²) >= 11 is 6.37. The molecule has 2 atom stereocenters. The number of ether oxygens (including phenoxy) is 3. The van der Waals surface area contributed by atoms with E-state index in [0.29, 0.717) is 62.1 Å². The number of halogens is 2. The first kappa shape index (κ1) is 24.2. The van der Waals surface area contributed by atoms with Crippen LogP contribution in [0.15, 0.2) is 43.2 Å². The normalized spacial score (nSPS) is 19.4. The van der Waals surface area contributed by atoms with Crippen LogP contribution in [0.3, 0.4) is 0 Å². The second-order valence-corrected chi connectivity index (χ2v) is 9.09. The van der Waals surface area contributed by atoms with Crippen LogP contribution in [0.5, 0.6) is 11.6 Å². The van der Waals surface area contributed by atoms with Crippen LogP contribution in [0.4, 0.5) is 15.9 Å². The van der Waals surface area contributed by atoms with Gasteiger partial charge in [-0.15, -0.1) is 0 Å². The van der Waals surface area contributed by atoms with Crippen LogP contribution in [0.2, 0.25) is 5.02 Å². The fraction of sp³-hybridized carbons (Fsp3) is 0.360. The Balaban J connectivity index is 1.32. The van der Waals surface area contributed by atoms with Crippen LogP contribution in [-0.2, 0) is 9.53 Å². The van der Waals surface area contributed by atoms with Crippen LogP contribution >= 0.6 is 11.6 Å². The van der Waals surface area contributed by atoms with Gasteiger partial charge in [0.25, 0.3) is 0 Å². The quantitative estimate of drug-likeness (QED) is 0.449. The Labute approximate surface area is 212 Å². The molecule has 4 heterocycles. The predicted octanol–water partition coefficient (Wildman–Crippen LogP) is 4.14.